The van der Waals surface area contributed by atoms with Gasteiger partial charge in [0.15, 0.2) is 0 Å². The normalized spacial score (nSPS) is 29.4. The monoisotopic (exact) mass is 302 g/mol. The highest BCUT2D eigenvalue weighted by Crippen LogP contribution is 2.28. The lowest BCUT2D eigenvalue weighted by Gasteiger charge is -2.27. The Morgan fingerprint density at radius 2 is 1.85 bits per heavy atom. The molecule has 1 heterocycles. The molecule has 2 atom stereocenters. The second-order valence-corrected chi connectivity index (χ2v) is 8.71. The highest BCUT2D eigenvalue weighted by molar-refractivity contribution is 7.89. The summed E-state index contributed by atoms with van der Waals surface area (Å²) in [7, 11) is -3.07. The number of rotatable bonds is 6. The first-order valence-electron chi connectivity index (χ1n) is 8.23. The smallest absolute Gasteiger partial charge is 0.211 e. The summed E-state index contributed by atoms with van der Waals surface area (Å²) >= 11 is 0. The molecule has 1 aliphatic heterocycles. The quantitative estimate of drug-likeness (QED) is 0.790. The Balaban J connectivity index is 1.67. The third-order valence-electron chi connectivity index (χ3n) is 4.89. The molecule has 2 fully saturated rings. The zero-order valence-corrected chi connectivity index (χ0v) is 13.6. The molecule has 0 spiro atoms. The molecule has 1 saturated heterocycles. The molecule has 2 rings (SSSR count). The van der Waals surface area contributed by atoms with Crippen LogP contribution in [0.4, 0.5) is 0 Å². The van der Waals surface area contributed by atoms with E-state index in [1.807, 2.05) is 0 Å². The van der Waals surface area contributed by atoms with Crippen LogP contribution in [0.2, 0.25) is 0 Å². The Kier molecular flexibility index (Phi) is 6.30. The second kappa shape index (κ2) is 7.76. The summed E-state index contributed by atoms with van der Waals surface area (Å²) in [5.74, 6) is 2.20. The number of hydrogen-bond donors (Lipinski definition) is 2. The number of piperidine rings is 1. The molecule has 0 amide bonds. The molecule has 118 valence electrons. The fourth-order valence-electron chi connectivity index (χ4n) is 3.55. The average molecular weight is 302 g/mol. The van der Waals surface area contributed by atoms with Crippen LogP contribution in [0.25, 0.3) is 0 Å². The molecule has 2 N–H and O–H groups in total. The largest absolute Gasteiger partial charge is 0.317 e. The highest BCUT2D eigenvalue weighted by Gasteiger charge is 2.22. The van der Waals surface area contributed by atoms with Gasteiger partial charge >= 0.3 is 0 Å². The van der Waals surface area contributed by atoms with Crippen molar-refractivity contribution >= 4 is 10.0 Å². The van der Waals surface area contributed by atoms with Crippen molar-refractivity contribution in [3.8, 4) is 0 Å². The first-order chi connectivity index (χ1) is 9.55. The van der Waals surface area contributed by atoms with Gasteiger partial charge in [-0.2, -0.15) is 0 Å². The summed E-state index contributed by atoms with van der Waals surface area (Å²) in [5.41, 5.74) is 0. The van der Waals surface area contributed by atoms with E-state index in [0.717, 1.165) is 38.3 Å². The number of nitrogens with one attached hydrogen (secondary N) is 2. The van der Waals surface area contributed by atoms with E-state index < -0.39 is 10.0 Å². The fraction of sp³-hybridized carbons (Fsp3) is 1.00. The molecule has 0 radical (unpaired) electrons. The van der Waals surface area contributed by atoms with Crippen LogP contribution in [0.5, 0.6) is 0 Å². The summed E-state index contributed by atoms with van der Waals surface area (Å²) in [6, 6.07) is 0. The van der Waals surface area contributed by atoms with E-state index in [-0.39, 0.29) is 0 Å². The third kappa shape index (κ3) is 5.70. The highest BCUT2D eigenvalue weighted by atomic mass is 32.2. The predicted octanol–water partition coefficient (Wildman–Crippen LogP) is 2.12. The standard InChI is InChI=1S/C15H30N2O2S/c1-13-3-2-4-15(11-13)12-17-20(18,19)10-7-14-5-8-16-9-6-14/h13-17H,2-12H2,1H3. The van der Waals surface area contributed by atoms with Crippen molar-refractivity contribution in [2.75, 3.05) is 25.4 Å². The molecule has 4 nitrogen and oxygen atoms in total. The van der Waals surface area contributed by atoms with Gasteiger partial charge in [-0.25, -0.2) is 13.1 Å². The van der Waals surface area contributed by atoms with E-state index in [1.54, 1.807) is 0 Å². The lowest BCUT2D eigenvalue weighted by Crippen LogP contribution is -2.34. The van der Waals surface area contributed by atoms with E-state index in [2.05, 4.69) is 17.0 Å². The van der Waals surface area contributed by atoms with Gasteiger partial charge in [0.1, 0.15) is 0 Å². The summed E-state index contributed by atoms with van der Waals surface area (Å²) < 4.78 is 27.0. The summed E-state index contributed by atoms with van der Waals surface area (Å²) in [6.45, 7) is 5.01. The minimum absolute atomic E-state index is 0.305. The zero-order chi connectivity index (χ0) is 14.4. The molecule has 0 aromatic heterocycles. The van der Waals surface area contributed by atoms with Gasteiger partial charge in [-0.3, -0.25) is 0 Å². The predicted molar refractivity (Wildman–Crippen MR) is 83.1 cm³/mol. The van der Waals surface area contributed by atoms with Crippen molar-refractivity contribution in [3.63, 3.8) is 0 Å². The molecule has 0 aromatic rings. The lowest BCUT2D eigenvalue weighted by molar-refractivity contribution is 0.283. The van der Waals surface area contributed by atoms with Crippen molar-refractivity contribution in [2.45, 2.75) is 51.9 Å². The SMILES string of the molecule is CC1CCCC(CNS(=O)(=O)CCC2CCNCC2)C1. The number of hydrogen-bond acceptors (Lipinski definition) is 3. The Hall–Kier alpha value is -0.130. The van der Waals surface area contributed by atoms with Gasteiger partial charge in [0, 0.05) is 6.54 Å². The van der Waals surface area contributed by atoms with Gasteiger partial charge in [0.05, 0.1) is 5.75 Å². The van der Waals surface area contributed by atoms with Crippen LogP contribution in [0.3, 0.4) is 0 Å². The maximum Gasteiger partial charge on any atom is 0.211 e. The van der Waals surface area contributed by atoms with Crippen LogP contribution in [0.15, 0.2) is 0 Å². The molecule has 1 saturated carbocycles. The van der Waals surface area contributed by atoms with Gasteiger partial charge in [0.2, 0.25) is 10.0 Å². The van der Waals surface area contributed by atoms with Gasteiger partial charge in [-0.15, -0.1) is 0 Å². The summed E-state index contributed by atoms with van der Waals surface area (Å²) in [6.07, 6.45) is 7.98. The first-order valence-corrected chi connectivity index (χ1v) is 9.88. The van der Waals surface area contributed by atoms with Crippen molar-refractivity contribution < 1.29 is 8.42 Å². The van der Waals surface area contributed by atoms with Crippen LogP contribution in [-0.2, 0) is 10.0 Å². The van der Waals surface area contributed by atoms with Gasteiger partial charge < -0.3 is 5.32 Å². The van der Waals surface area contributed by atoms with Gasteiger partial charge in [-0.1, -0.05) is 19.8 Å². The second-order valence-electron chi connectivity index (χ2n) is 6.79. The Morgan fingerprint density at radius 3 is 2.55 bits per heavy atom. The molecule has 0 aromatic carbocycles. The van der Waals surface area contributed by atoms with Crippen LogP contribution in [-0.4, -0.2) is 33.8 Å². The van der Waals surface area contributed by atoms with E-state index >= 15 is 0 Å². The minimum Gasteiger partial charge on any atom is -0.317 e. The zero-order valence-electron chi connectivity index (χ0n) is 12.7. The van der Waals surface area contributed by atoms with Gasteiger partial charge in [-0.05, 0) is 62.9 Å². The van der Waals surface area contributed by atoms with E-state index in [9.17, 15) is 8.42 Å². The van der Waals surface area contributed by atoms with E-state index in [0.29, 0.717) is 24.1 Å². The molecule has 20 heavy (non-hydrogen) atoms. The number of sulfonamides is 1. The maximum absolute atomic E-state index is 12.1. The third-order valence-corrected chi connectivity index (χ3v) is 6.27. The molecule has 0 bridgehead atoms. The summed E-state index contributed by atoms with van der Waals surface area (Å²) in [5, 5.41) is 3.32. The van der Waals surface area contributed by atoms with Crippen LogP contribution < -0.4 is 10.0 Å². The summed E-state index contributed by atoms with van der Waals surface area (Å²) in [4.78, 5) is 0. The van der Waals surface area contributed by atoms with Gasteiger partial charge in [0.25, 0.3) is 0 Å². The van der Waals surface area contributed by atoms with Crippen molar-refractivity contribution in [3.05, 3.63) is 0 Å². The molecular weight excluding hydrogens is 272 g/mol. The Bertz CT molecular complexity index is 377. The molecule has 1 aliphatic carbocycles. The fourth-order valence-corrected chi connectivity index (χ4v) is 4.83. The molecule has 2 unspecified atom stereocenters. The maximum atomic E-state index is 12.1. The van der Waals surface area contributed by atoms with E-state index in [4.69, 9.17) is 0 Å². The van der Waals surface area contributed by atoms with E-state index in [1.165, 1.54) is 25.7 Å². The van der Waals surface area contributed by atoms with Crippen LogP contribution in [0, 0.1) is 17.8 Å². The Morgan fingerprint density at radius 1 is 1.10 bits per heavy atom. The topological polar surface area (TPSA) is 58.2 Å². The molecule has 2 aliphatic rings. The average Bonchev–Trinajstić information content (AvgIpc) is 2.45. The molecular formula is C15H30N2O2S. The van der Waals surface area contributed by atoms with Crippen LogP contribution in [0.1, 0.15) is 51.9 Å². The molecule has 5 heteroatoms. The lowest BCUT2D eigenvalue weighted by atomic mass is 9.83. The van der Waals surface area contributed by atoms with Crippen LogP contribution >= 0.6 is 0 Å². The minimum atomic E-state index is -3.07. The Labute approximate surface area is 124 Å². The first kappa shape index (κ1) is 16.2. The van der Waals surface area contributed by atoms with Crippen molar-refractivity contribution in [1.29, 1.82) is 0 Å². The van der Waals surface area contributed by atoms with Crippen molar-refractivity contribution in [2.24, 2.45) is 17.8 Å². The van der Waals surface area contributed by atoms with Crippen molar-refractivity contribution in [1.82, 2.24) is 10.0 Å².